The zero-order valence-electron chi connectivity index (χ0n) is 8.27. The van der Waals surface area contributed by atoms with E-state index in [9.17, 15) is 0 Å². The van der Waals surface area contributed by atoms with Crippen molar-refractivity contribution in [3.05, 3.63) is 24.0 Å². The zero-order chi connectivity index (χ0) is 9.97. The fourth-order valence-corrected chi connectivity index (χ4v) is 1.60. The van der Waals surface area contributed by atoms with Gasteiger partial charge in [0, 0.05) is 13.1 Å². The topological polar surface area (TPSA) is 55.0 Å². The zero-order valence-corrected chi connectivity index (χ0v) is 8.27. The first-order chi connectivity index (χ1) is 6.75. The van der Waals surface area contributed by atoms with Crippen molar-refractivity contribution >= 4 is 11.6 Å². The molecule has 4 nitrogen and oxygen atoms in total. The van der Waals surface area contributed by atoms with Crippen LogP contribution >= 0.6 is 0 Å². The lowest BCUT2D eigenvalue weighted by molar-refractivity contribution is 0.775. The van der Waals surface area contributed by atoms with Crippen molar-refractivity contribution in [3.8, 4) is 0 Å². The summed E-state index contributed by atoms with van der Waals surface area (Å²) in [5.41, 5.74) is 6.86. The van der Waals surface area contributed by atoms with Gasteiger partial charge in [-0.15, -0.1) is 0 Å². The minimum Gasteiger partial charge on any atom is -0.382 e. The molecule has 0 aliphatic carbocycles. The Balaban J connectivity index is 2.16. The van der Waals surface area contributed by atoms with Crippen molar-refractivity contribution in [1.82, 2.24) is 9.97 Å². The van der Waals surface area contributed by atoms with Gasteiger partial charge in [-0.1, -0.05) is 11.6 Å². The molecule has 0 radical (unpaired) electrons. The van der Waals surface area contributed by atoms with Crippen molar-refractivity contribution in [2.24, 2.45) is 0 Å². The van der Waals surface area contributed by atoms with E-state index < -0.39 is 0 Å². The van der Waals surface area contributed by atoms with Crippen molar-refractivity contribution in [1.29, 1.82) is 0 Å². The third-order valence-electron chi connectivity index (χ3n) is 2.31. The summed E-state index contributed by atoms with van der Waals surface area (Å²) in [6.45, 7) is 4.09. The molecule has 1 aliphatic rings. The van der Waals surface area contributed by atoms with Gasteiger partial charge in [-0.25, -0.2) is 9.97 Å². The smallest absolute Gasteiger partial charge is 0.147 e. The van der Waals surface area contributed by atoms with E-state index in [4.69, 9.17) is 5.73 Å². The summed E-state index contributed by atoms with van der Waals surface area (Å²) >= 11 is 0. The maximum atomic E-state index is 5.48. The second-order valence-corrected chi connectivity index (χ2v) is 3.56. The van der Waals surface area contributed by atoms with Crippen LogP contribution in [0.4, 0.5) is 11.6 Å². The van der Waals surface area contributed by atoms with E-state index in [1.165, 1.54) is 5.57 Å². The van der Waals surface area contributed by atoms with E-state index >= 15 is 0 Å². The van der Waals surface area contributed by atoms with Gasteiger partial charge in [0.05, 0.1) is 12.4 Å². The number of hydrogen-bond donors (Lipinski definition) is 1. The first kappa shape index (κ1) is 8.99. The molecule has 1 aromatic rings. The Bertz CT molecular complexity index is 342. The SMILES string of the molecule is CC1=CCCN(c2cnc(N)cn2)C1. The highest BCUT2D eigenvalue weighted by Gasteiger charge is 2.11. The molecule has 0 bridgehead atoms. The quantitative estimate of drug-likeness (QED) is 0.676. The standard InChI is InChI=1S/C10H14N4/c1-8-3-2-4-14(7-8)10-6-12-9(11)5-13-10/h3,5-6H,2,4,7H2,1H3,(H2,11,12). The molecular weight excluding hydrogens is 176 g/mol. The van der Waals surface area contributed by atoms with Crippen LogP contribution in [-0.2, 0) is 0 Å². The maximum Gasteiger partial charge on any atom is 0.147 e. The van der Waals surface area contributed by atoms with Crippen LogP contribution in [0.5, 0.6) is 0 Å². The molecule has 0 spiro atoms. The molecule has 0 atom stereocenters. The van der Waals surface area contributed by atoms with Gasteiger partial charge in [0.25, 0.3) is 0 Å². The van der Waals surface area contributed by atoms with Gasteiger partial charge in [0.1, 0.15) is 11.6 Å². The first-order valence-corrected chi connectivity index (χ1v) is 4.74. The monoisotopic (exact) mass is 190 g/mol. The molecule has 2 N–H and O–H groups in total. The van der Waals surface area contributed by atoms with E-state index in [0.29, 0.717) is 5.82 Å². The van der Waals surface area contributed by atoms with E-state index in [2.05, 4.69) is 27.9 Å². The Morgan fingerprint density at radius 3 is 2.86 bits per heavy atom. The third-order valence-corrected chi connectivity index (χ3v) is 2.31. The van der Waals surface area contributed by atoms with Gasteiger partial charge < -0.3 is 10.6 Å². The molecule has 1 aliphatic heterocycles. The number of nitrogens with zero attached hydrogens (tertiary/aromatic N) is 3. The molecule has 0 amide bonds. The maximum absolute atomic E-state index is 5.48. The normalized spacial score (nSPS) is 16.6. The molecule has 2 heterocycles. The highest BCUT2D eigenvalue weighted by Crippen LogP contribution is 2.16. The molecule has 1 aromatic heterocycles. The number of anilines is 2. The highest BCUT2D eigenvalue weighted by molar-refractivity contribution is 5.41. The second kappa shape index (κ2) is 3.65. The first-order valence-electron chi connectivity index (χ1n) is 4.74. The number of rotatable bonds is 1. The Hall–Kier alpha value is -1.58. The van der Waals surface area contributed by atoms with E-state index in [0.717, 1.165) is 25.3 Å². The average molecular weight is 190 g/mol. The van der Waals surface area contributed by atoms with Crippen LogP contribution in [0, 0.1) is 0 Å². The molecule has 0 fully saturated rings. The molecule has 74 valence electrons. The van der Waals surface area contributed by atoms with Gasteiger partial charge in [0.2, 0.25) is 0 Å². The molecule has 14 heavy (non-hydrogen) atoms. The lowest BCUT2D eigenvalue weighted by Crippen LogP contribution is -2.29. The van der Waals surface area contributed by atoms with Crippen molar-refractivity contribution in [2.75, 3.05) is 23.7 Å². The summed E-state index contributed by atoms with van der Waals surface area (Å²) < 4.78 is 0. The molecule has 4 heteroatoms. The predicted molar refractivity (Wildman–Crippen MR) is 57.0 cm³/mol. The van der Waals surface area contributed by atoms with E-state index in [1.54, 1.807) is 12.4 Å². The van der Waals surface area contributed by atoms with Crippen molar-refractivity contribution in [3.63, 3.8) is 0 Å². The largest absolute Gasteiger partial charge is 0.382 e. The van der Waals surface area contributed by atoms with Crippen LogP contribution < -0.4 is 10.6 Å². The number of aromatic nitrogens is 2. The van der Waals surface area contributed by atoms with Gasteiger partial charge in [-0.2, -0.15) is 0 Å². The van der Waals surface area contributed by atoms with Gasteiger partial charge in [-0.3, -0.25) is 0 Å². The van der Waals surface area contributed by atoms with Crippen LogP contribution in [0.1, 0.15) is 13.3 Å². The van der Waals surface area contributed by atoms with Gasteiger partial charge >= 0.3 is 0 Å². The summed E-state index contributed by atoms with van der Waals surface area (Å²) in [6.07, 6.45) is 6.68. The van der Waals surface area contributed by atoms with Crippen LogP contribution in [0.3, 0.4) is 0 Å². The highest BCUT2D eigenvalue weighted by atomic mass is 15.2. The summed E-state index contributed by atoms with van der Waals surface area (Å²) in [5, 5.41) is 0. The fourth-order valence-electron chi connectivity index (χ4n) is 1.60. The van der Waals surface area contributed by atoms with Crippen LogP contribution in [0.2, 0.25) is 0 Å². The summed E-state index contributed by atoms with van der Waals surface area (Å²) in [7, 11) is 0. The minimum absolute atomic E-state index is 0.470. The number of hydrogen-bond acceptors (Lipinski definition) is 4. The lowest BCUT2D eigenvalue weighted by Gasteiger charge is -2.26. The van der Waals surface area contributed by atoms with E-state index in [-0.39, 0.29) is 0 Å². The summed E-state index contributed by atoms with van der Waals surface area (Å²) in [6, 6.07) is 0. The Kier molecular flexibility index (Phi) is 2.35. The molecule has 0 saturated heterocycles. The van der Waals surface area contributed by atoms with Gasteiger partial charge in [0.15, 0.2) is 0 Å². The second-order valence-electron chi connectivity index (χ2n) is 3.56. The Morgan fingerprint density at radius 2 is 2.21 bits per heavy atom. The number of nitrogens with two attached hydrogens (primary N) is 1. The predicted octanol–water partition coefficient (Wildman–Crippen LogP) is 1.22. The molecule has 0 aromatic carbocycles. The molecule has 2 rings (SSSR count). The summed E-state index contributed by atoms with van der Waals surface area (Å²) in [5.74, 6) is 1.38. The Morgan fingerprint density at radius 1 is 1.36 bits per heavy atom. The lowest BCUT2D eigenvalue weighted by atomic mass is 10.1. The Labute approximate surface area is 83.5 Å². The average Bonchev–Trinajstić information content (AvgIpc) is 2.19. The van der Waals surface area contributed by atoms with Crippen LogP contribution in [-0.4, -0.2) is 23.1 Å². The third kappa shape index (κ3) is 1.84. The van der Waals surface area contributed by atoms with Crippen LogP contribution in [0.25, 0.3) is 0 Å². The van der Waals surface area contributed by atoms with Gasteiger partial charge in [-0.05, 0) is 13.3 Å². The molecular formula is C10H14N4. The minimum atomic E-state index is 0.470. The molecule has 0 unspecified atom stereocenters. The fraction of sp³-hybridized carbons (Fsp3) is 0.400. The molecule has 0 saturated carbocycles. The van der Waals surface area contributed by atoms with E-state index in [1.807, 2.05) is 0 Å². The summed E-state index contributed by atoms with van der Waals surface area (Å²) in [4.78, 5) is 10.5. The number of nitrogen functional groups attached to an aromatic ring is 1. The van der Waals surface area contributed by atoms with Crippen LogP contribution in [0.15, 0.2) is 24.0 Å². The van der Waals surface area contributed by atoms with Crippen molar-refractivity contribution < 1.29 is 0 Å². The van der Waals surface area contributed by atoms with Crippen molar-refractivity contribution in [2.45, 2.75) is 13.3 Å².